The molecule has 0 atom stereocenters. The molecule has 0 aliphatic heterocycles. The number of hydrogen-bond acceptors (Lipinski definition) is 2. The van der Waals surface area contributed by atoms with Crippen molar-refractivity contribution in [3.05, 3.63) is 0 Å². The van der Waals surface area contributed by atoms with Crippen molar-refractivity contribution in [2.45, 2.75) is 52.9 Å². The van der Waals surface area contributed by atoms with E-state index in [1.165, 1.54) is 32.1 Å². The molecule has 0 bridgehead atoms. The summed E-state index contributed by atoms with van der Waals surface area (Å²) in [7, 11) is 0. The van der Waals surface area contributed by atoms with Crippen molar-refractivity contribution in [3.63, 3.8) is 0 Å². The lowest BCUT2D eigenvalue weighted by molar-refractivity contribution is -0.120. The van der Waals surface area contributed by atoms with E-state index < -0.39 is 0 Å². The third-order valence-corrected chi connectivity index (χ3v) is 3.91. The van der Waals surface area contributed by atoms with Gasteiger partial charge in [0.25, 0.3) is 0 Å². The van der Waals surface area contributed by atoms with E-state index in [1.807, 2.05) is 0 Å². The molecule has 0 spiro atoms. The lowest BCUT2D eigenvalue weighted by Crippen LogP contribution is -2.40. The predicted molar refractivity (Wildman–Crippen MR) is 71.9 cm³/mol. The molecule has 1 saturated carbocycles. The molecule has 0 aromatic carbocycles. The minimum atomic E-state index is 0.128. The van der Waals surface area contributed by atoms with Crippen LogP contribution < -0.4 is 10.6 Å². The highest BCUT2D eigenvalue weighted by Gasteiger charge is 2.31. The van der Waals surface area contributed by atoms with Crippen LogP contribution in [0.1, 0.15) is 52.9 Å². The molecule has 17 heavy (non-hydrogen) atoms. The molecule has 3 nitrogen and oxygen atoms in total. The second-order valence-corrected chi connectivity index (χ2v) is 5.86. The Labute approximate surface area is 106 Å². The minimum absolute atomic E-state index is 0.128. The fourth-order valence-corrected chi connectivity index (χ4v) is 2.60. The third kappa shape index (κ3) is 5.07. The molecule has 3 heteroatoms. The largest absolute Gasteiger partial charge is 0.355 e. The molecule has 0 saturated heterocycles. The van der Waals surface area contributed by atoms with E-state index in [9.17, 15) is 4.79 Å². The molecule has 0 heterocycles. The van der Waals surface area contributed by atoms with Gasteiger partial charge in [-0.3, -0.25) is 4.79 Å². The van der Waals surface area contributed by atoms with Gasteiger partial charge in [0, 0.05) is 13.1 Å². The van der Waals surface area contributed by atoms with Crippen LogP contribution in [0.5, 0.6) is 0 Å². The van der Waals surface area contributed by atoms with Crippen molar-refractivity contribution in [2.24, 2.45) is 11.3 Å². The monoisotopic (exact) mass is 240 g/mol. The molecule has 1 amide bonds. The first-order valence-electron chi connectivity index (χ1n) is 7.05. The summed E-state index contributed by atoms with van der Waals surface area (Å²) >= 11 is 0. The van der Waals surface area contributed by atoms with Crippen LogP contribution in [0.2, 0.25) is 0 Å². The molecular formula is C14H28N2O. The predicted octanol–water partition coefficient (Wildman–Crippen LogP) is 2.32. The van der Waals surface area contributed by atoms with E-state index in [1.54, 1.807) is 0 Å². The average Bonchev–Trinajstić information content (AvgIpc) is 2.76. The van der Waals surface area contributed by atoms with Gasteiger partial charge in [-0.15, -0.1) is 0 Å². The van der Waals surface area contributed by atoms with Crippen LogP contribution in [-0.2, 0) is 4.79 Å². The first-order valence-corrected chi connectivity index (χ1v) is 7.05. The quantitative estimate of drug-likeness (QED) is 0.717. The molecule has 0 radical (unpaired) electrons. The van der Waals surface area contributed by atoms with E-state index in [-0.39, 0.29) is 5.91 Å². The van der Waals surface area contributed by atoms with Gasteiger partial charge in [0.15, 0.2) is 0 Å². The lowest BCUT2D eigenvalue weighted by Gasteiger charge is -2.27. The minimum Gasteiger partial charge on any atom is -0.355 e. The van der Waals surface area contributed by atoms with Gasteiger partial charge >= 0.3 is 0 Å². The number of rotatable bonds is 7. The molecule has 2 N–H and O–H groups in total. The van der Waals surface area contributed by atoms with Gasteiger partial charge in [-0.1, -0.05) is 33.6 Å². The van der Waals surface area contributed by atoms with Crippen LogP contribution in [0.15, 0.2) is 0 Å². The molecule has 1 aliphatic carbocycles. The normalized spacial score (nSPS) is 18.6. The van der Waals surface area contributed by atoms with Gasteiger partial charge in [-0.05, 0) is 30.6 Å². The third-order valence-electron chi connectivity index (χ3n) is 3.91. The van der Waals surface area contributed by atoms with Crippen LogP contribution in [0.25, 0.3) is 0 Å². The number of carbonyl (C=O) groups is 1. The SMILES string of the molecule is CCC1(CNCC(=O)NCC(C)C)CCCC1. The summed E-state index contributed by atoms with van der Waals surface area (Å²) in [4.78, 5) is 11.5. The van der Waals surface area contributed by atoms with Crippen molar-refractivity contribution < 1.29 is 4.79 Å². The molecular weight excluding hydrogens is 212 g/mol. The smallest absolute Gasteiger partial charge is 0.233 e. The Morgan fingerprint density at radius 1 is 1.29 bits per heavy atom. The van der Waals surface area contributed by atoms with E-state index >= 15 is 0 Å². The van der Waals surface area contributed by atoms with Crippen LogP contribution in [-0.4, -0.2) is 25.5 Å². The summed E-state index contributed by atoms with van der Waals surface area (Å²) in [5.74, 6) is 0.652. The molecule has 100 valence electrons. The number of hydrogen-bond donors (Lipinski definition) is 2. The van der Waals surface area contributed by atoms with Gasteiger partial charge in [-0.2, -0.15) is 0 Å². The maximum absolute atomic E-state index is 11.5. The highest BCUT2D eigenvalue weighted by molar-refractivity contribution is 5.77. The summed E-state index contributed by atoms with van der Waals surface area (Å²) in [6.45, 7) is 8.73. The summed E-state index contributed by atoms with van der Waals surface area (Å²) < 4.78 is 0. The molecule has 1 aliphatic rings. The van der Waals surface area contributed by atoms with Crippen molar-refractivity contribution in [1.82, 2.24) is 10.6 Å². The van der Waals surface area contributed by atoms with Gasteiger partial charge in [0.1, 0.15) is 0 Å². The standard InChI is InChI=1S/C14H28N2O/c1-4-14(7-5-6-8-14)11-15-10-13(17)16-9-12(2)3/h12,15H,4-11H2,1-3H3,(H,16,17). The van der Waals surface area contributed by atoms with Crippen LogP contribution in [0.4, 0.5) is 0 Å². The first kappa shape index (κ1) is 14.5. The van der Waals surface area contributed by atoms with Gasteiger partial charge in [0.05, 0.1) is 6.54 Å². The number of carbonyl (C=O) groups excluding carboxylic acids is 1. The Morgan fingerprint density at radius 2 is 1.94 bits per heavy atom. The van der Waals surface area contributed by atoms with Crippen molar-refractivity contribution in [2.75, 3.05) is 19.6 Å². The second kappa shape index (κ2) is 7.00. The summed E-state index contributed by atoms with van der Waals surface area (Å²) in [6, 6.07) is 0. The summed E-state index contributed by atoms with van der Waals surface area (Å²) in [5.41, 5.74) is 0.471. The fourth-order valence-electron chi connectivity index (χ4n) is 2.60. The number of nitrogens with one attached hydrogen (secondary N) is 2. The van der Waals surface area contributed by atoms with Crippen LogP contribution in [0, 0.1) is 11.3 Å². The van der Waals surface area contributed by atoms with E-state index in [2.05, 4.69) is 31.4 Å². The second-order valence-electron chi connectivity index (χ2n) is 5.86. The van der Waals surface area contributed by atoms with Gasteiger partial charge < -0.3 is 10.6 Å². The average molecular weight is 240 g/mol. The molecule has 0 aromatic heterocycles. The van der Waals surface area contributed by atoms with E-state index in [0.29, 0.717) is 17.9 Å². The Balaban J connectivity index is 2.16. The fraction of sp³-hybridized carbons (Fsp3) is 0.929. The van der Waals surface area contributed by atoms with Crippen molar-refractivity contribution in [3.8, 4) is 0 Å². The Morgan fingerprint density at radius 3 is 2.47 bits per heavy atom. The maximum atomic E-state index is 11.5. The molecule has 1 rings (SSSR count). The highest BCUT2D eigenvalue weighted by Crippen LogP contribution is 2.40. The molecule has 1 fully saturated rings. The number of amides is 1. The van der Waals surface area contributed by atoms with Crippen LogP contribution >= 0.6 is 0 Å². The van der Waals surface area contributed by atoms with Crippen LogP contribution in [0.3, 0.4) is 0 Å². The van der Waals surface area contributed by atoms with Gasteiger partial charge in [0.2, 0.25) is 5.91 Å². The van der Waals surface area contributed by atoms with Crippen molar-refractivity contribution >= 4 is 5.91 Å². The lowest BCUT2D eigenvalue weighted by atomic mass is 9.83. The van der Waals surface area contributed by atoms with Gasteiger partial charge in [-0.25, -0.2) is 0 Å². The molecule has 0 unspecified atom stereocenters. The van der Waals surface area contributed by atoms with Crippen molar-refractivity contribution in [1.29, 1.82) is 0 Å². The maximum Gasteiger partial charge on any atom is 0.233 e. The zero-order chi connectivity index (χ0) is 12.7. The Kier molecular flexibility index (Phi) is 5.96. The van der Waals surface area contributed by atoms with E-state index in [0.717, 1.165) is 13.1 Å². The topological polar surface area (TPSA) is 41.1 Å². The summed E-state index contributed by atoms with van der Waals surface area (Å²) in [5, 5.41) is 6.27. The summed E-state index contributed by atoms with van der Waals surface area (Å²) in [6.07, 6.45) is 6.59. The first-order chi connectivity index (χ1) is 8.08. The zero-order valence-corrected chi connectivity index (χ0v) is 11.6. The van der Waals surface area contributed by atoms with E-state index in [4.69, 9.17) is 0 Å². The Bertz CT molecular complexity index is 232. The highest BCUT2D eigenvalue weighted by atomic mass is 16.1. The zero-order valence-electron chi connectivity index (χ0n) is 11.6. The molecule has 0 aromatic rings. The Hall–Kier alpha value is -0.570.